The van der Waals surface area contributed by atoms with Gasteiger partial charge in [-0.1, -0.05) is 18.2 Å². The Kier molecular flexibility index (Phi) is 3.84. The number of amides is 2. The molecule has 2 amide bonds. The Labute approximate surface area is 133 Å². The van der Waals surface area contributed by atoms with Crippen molar-refractivity contribution in [3.8, 4) is 5.88 Å². The fourth-order valence-corrected chi connectivity index (χ4v) is 2.49. The molecule has 0 aliphatic heterocycles. The van der Waals surface area contributed by atoms with Crippen LogP contribution in [0.1, 0.15) is 5.69 Å². The molecule has 0 atom stereocenters. The third-order valence-electron chi connectivity index (χ3n) is 3.48. The first-order chi connectivity index (χ1) is 11.1. The van der Waals surface area contributed by atoms with Crippen LogP contribution in [0.4, 0.5) is 16.2 Å². The summed E-state index contributed by atoms with van der Waals surface area (Å²) in [5, 5.41) is 10.8. The lowest BCUT2D eigenvalue weighted by molar-refractivity contribution is 0.262. The number of pyridine rings is 1. The molecule has 3 aromatic rings. The number of urea groups is 1. The molecule has 0 spiro atoms. The van der Waals surface area contributed by atoms with Gasteiger partial charge in [-0.05, 0) is 19.1 Å². The molecule has 2 heterocycles. The molecule has 3 rings (SSSR count). The van der Waals surface area contributed by atoms with Crippen LogP contribution in [0.5, 0.6) is 5.88 Å². The summed E-state index contributed by atoms with van der Waals surface area (Å²) in [7, 11) is 3.29. The molecule has 1 aromatic carbocycles. The van der Waals surface area contributed by atoms with E-state index in [9.17, 15) is 4.79 Å². The lowest BCUT2D eigenvalue weighted by Crippen LogP contribution is -2.20. The summed E-state index contributed by atoms with van der Waals surface area (Å²) < 4.78 is 6.84. The fourth-order valence-electron chi connectivity index (χ4n) is 2.49. The van der Waals surface area contributed by atoms with Crippen LogP contribution < -0.4 is 15.4 Å². The molecule has 0 unspecified atom stereocenters. The highest BCUT2D eigenvalue weighted by molar-refractivity contribution is 6.05. The van der Waals surface area contributed by atoms with Gasteiger partial charge in [0.15, 0.2) is 0 Å². The van der Waals surface area contributed by atoms with Crippen LogP contribution in [0.3, 0.4) is 0 Å². The van der Waals surface area contributed by atoms with Crippen LogP contribution >= 0.6 is 0 Å². The van der Waals surface area contributed by atoms with Gasteiger partial charge in [-0.25, -0.2) is 9.48 Å². The van der Waals surface area contributed by atoms with E-state index in [1.165, 1.54) is 7.11 Å². The number of carbonyl (C=O) groups excluding carboxylic acids is 1. The topological polar surface area (TPSA) is 81.1 Å². The molecule has 0 saturated heterocycles. The van der Waals surface area contributed by atoms with E-state index in [0.717, 1.165) is 10.9 Å². The summed E-state index contributed by atoms with van der Waals surface area (Å²) in [5.74, 6) is 0.494. The quantitative estimate of drug-likeness (QED) is 0.779. The van der Waals surface area contributed by atoms with Gasteiger partial charge in [-0.3, -0.25) is 4.98 Å². The fraction of sp³-hybridized carbons (Fsp3) is 0.188. The van der Waals surface area contributed by atoms with E-state index in [1.54, 1.807) is 24.9 Å². The van der Waals surface area contributed by atoms with Crippen molar-refractivity contribution >= 4 is 28.3 Å². The second kappa shape index (κ2) is 5.96. The van der Waals surface area contributed by atoms with Gasteiger partial charge in [0.25, 0.3) is 0 Å². The second-order valence-corrected chi connectivity index (χ2v) is 5.05. The lowest BCUT2D eigenvalue weighted by atomic mass is 10.2. The molecular weight excluding hydrogens is 294 g/mol. The zero-order valence-electron chi connectivity index (χ0n) is 13.1. The number of nitrogens with zero attached hydrogens (tertiary/aromatic N) is 3. The standard InChI is InChI=1S/C16H17N5O2/c1-10-13(15(23-3)21(2)20-10)19-16(22)18-12-8-4-6-11-7-5-9-17-14(11)12/h4-9H,1-3H3,(H2,18,19,22). The Morgan fingerprint density at radius 2 is 2.00 bits per heavy atom. The number of benzene rings is 1. The summed E-state index contributed by atoms with van der Waals surface area (Å²) in [6.45, 7) is 1.80. The Morgan fingerprint density at radius 1 is 1.22 bits per heavy atom. The summed E-state index contributed by atoms with van der Waals surface area (Å²) in [6.07, 6.45) is 1.69. The molecule has 0 saturated carbocycles. The minimum Gasteiger partial charge on any atom is -0.480 e. The van der Waals surface area contributed by atoms with Crippen LogP contribution in [0.2, 0.25) is 0 Å². The largest absolute Gasteiger partial charge is 0.480 e. The van der Waals surface area contributed by atoms with E-state index in [-0.39, 0.29) is 6.03 Å². The number of anilines is 2. The number of rotatable bonds is 3. The number of methoxy groups -OCH3 is 1. The van der Waals surface area contributed by atoms with Crippen LogP contribution in [-0.4, -0.2) is 27.9 Å². The summed E-state index contributed by atoms with van der Waals surface area (Å²) in [6, 6.07) is 9.05. The van der Waals surface area contributed by atoms with Crippen molar-refractivity contribution < 1.29 is 9.53 Å². The zero-order valence-corrected chi connectivity index (χ0v) is 13.1. The molecule has 0 radical (unpaired) electrons. The van der Waals surface area contributed by atoms with Gasteiger partial charge >= 0.3 is 6.03 Å². The smallest absolute Gasteiger partial charge is 0.323 e. The minimum atomic E-state index is -0.377. The van der Waals surface area contributed by atoms with Crippen LogP contribution in [0.15, 0.2) is 36.5 Å². The second-order valence-electron chi connectivity index (χ2n) is 5.05. The molecule has 23 heavy (non-hydrogen) atoms. The van der Waals surface area contributed by atoms with E-state index in [4.69, 9.17) is 4.74 Å². The molecule has 7 heteroatoms. The Bertz CT molecular complexity index is 867. The van der Waals surface area contributed by atoms with E-state index in [0.29, 0.717) is 22.9 Å². The van der Waals surface area contributed by atoms with Crippen LogP contribution in [0.25, 0.3) is 10.9 Å². The lowest BCUT2D eigenvalue weighted by Gasteiger charge is -2.10. The average molecular weight is 311 g/mol. The van der Waals surface area contributed by atoms with Crippen LogP contribution in [-0.2, 0) is 7.05 Å². The number of carbonyl (C=O) groups is 1. The number of ether oxygens (including phenoxy) is 1. The summed E-state index contributed by atoms with van der Waals surface area (Å²) >= 11 is 0. The molecule has 7 nitrogen and oxygen atoms in total. The molecule has 0 bridgehead atoms. The van der Waals surface area contributed by atoms with Gasteiger partial charge in [0.2, 0.25) is 5.88 Å². The molecule has 2 N–H and O–H groups in total. The van der Waals surface area contributed by atoms with Crippen molar-refractivity contribution in [2.24, 2.45) is 7.05 Å². The van der Waals surface area contributed by atoms with E-state index in [2.05, 4.69) is 20.7 Å². The minimum absolute atomic E-state index is 0.377. The molecule has 2 aromatic heterocycles. The van der Waals surface area contributed by atoms with Crippen molar-refractivity contribution in [1.29, 1.82) is 0 Å². The highest BCUT2D eigenvalue weighted by atomic mass is 16.5. The van der Waals surface area contributed by atoms with Crippen molar-refractivity contribution in [2.75, 3.05) is 17.7 Å². The highest BCUT2D eigenvalue weighted by Gasteiger charge is 2.16. The molecular formula is C16H17N5O2. The summed E-state index contributed by atoms with van der Waals surface area (Å²) in [5.41, 5.74) is 2.59. The van der Waals surface area contributed by atoms with Gasteiger partial charge in [0, 0.05) is 18.6 Å². The summed E-state index contributed by atoms with van der Waals surface area (Å²) in [4.78, 5) is 16.6. The number of hydrogen-bond donors (Lipinski definition) is 2. The molecule has 118 valence electrons. The highest BCUT2D eigenvalue weighted by Crippen LogP contribution is 2.27. The van der Waals surface area contributed by atoms with Gasteiger partial charge in [0.1, 0.15) is 5.69 Å². The van der Waals surface area contributed by atoms with Crippen molar-refractivity contribution in [1.82, 2.24) is 14.8 Å². The number of hydrogen-bond acceptors (Lipinski definition) is 4. The molecule has 0 aliphatic carbocycles. The monoisotopic (exact) mass is 311 g/mol. The Morgan fingerprint density at radius 3 is 2.78 bits per heavy atom. The number of nitrogens with one attached hydrogen (secondary N) is 2. The first-order valence-corrected chi connectivity index (χ1v) is 7.09. The number of para-hydroxylation sites is 1. The third kappa shape index (κ3) is 2.80. The van der Waals surface area contributed by atoms with E-state index < -0.39 is 0 Å². The maximum absolute atomic E-state index is 12.3. The van der Waals surface area contributed by atoms with E-state index in [1.807, 2.05) is 30.3 Å². The number of aromatic nitrogens is 3. The molecule has 0 aliphatic rings. The third-order valence-corrected chi connectivity index (χ3v) is 3.48. The zero-order chi connectivity index (χ0) is 16.4. The predicted octanol–water partition coefficient (Wildman–Crippen LogP) is 2.93. The predicted molar refractivity (Wildman–Crippen MR) is 88.9 cm³/mol. The first kappa shape index (κ1) is 14.8. The van der Waals surface area contributed by atoms with Crippen molar-refractivity contribution in [2.45, 2.75) is 6.92 Å². The SMILES string of the molecule is COc1c(NC(=O)Nc2cccc3cccnc23)c(C)nn1C. The number of fused-ring (bicyclic) bond motifs is 1. The van der Waals surface area contributed by atoms with Gasteiger partial charge in [-0.15, -0.1) is 0 Å². The number of aryl methyl sites for hydroxylation is 2. The maximum atomic E-state index is 12.3. The molecule has 0 fully saturated rings. The Hall–Kier alpha value is -3.09. The Balaban J connectivity index is 1.85. The normalized spacial score (nSPS) is 10.6. The van der Waals surface area contributed by atoms with Crippen molar-refractivity contribution in [3.63, 3.8) is 0 Å². The first-order valence-electron chi connectivity index (χ1n) is 7.09. The maximum Gasteiger partial charge on any atom is 0.323 e. The van der Waals surface area contributed by atoms with Gasteiger partial charge < -0.3 is 15.4 Å². The van der Waals surface area contributed by atoms with Gasteiger partial charge in [0.05, 0.1) is 24.0 Å². The van der Waals surface area contributed by atoms with E-state index >= 15 is 0 Å². The van der Waals surface area contributed by atoms with Gasteiger partial charge in [-0.2, -0.15) is 5.10 Å². The van der Waals surface area contributed by atoms with Crippen LogP contribution in [0, 0.1) is 6.92 Å². The average Bonchev–Trinajstić information content (AvgIpc) is 2.81. The van der Waals surface area contributed by atoms with Crippen molar-refractivity contribution in [3.05, 3.63) is 42.2 Å².